The van der Waals surface area contributed by atoms with Gasteiger partial charge in [-0.3, -0.25) is 0 Å². The maximum absolute atomic E-state index is 6.85. The molecule has 0 saturated heterocycles. The Bertz CT molecular complexity index is 2680. The zero-order valence-corrected chi connectivity index (χ0v) is 26.4. The third kappa shape index (κ3) is 3.46. The number of benzene rings is 7. The highest BCUT2D eigenvalue weighted by Crippen LogP contribution is 2.52. The molecule has 0 bridgehead atoms. The molecule has 0 unspecified atom stereocenters. The number of hydrogen-bond donors (Lipinski definition) is 0. The standard InChI is InChI=1S/C43H29NOS/c1-43(2)34-17-9-8-15-30(34)31-21-20-28(25-35(31)43)44(27-12-4-3-5-13-27)36-18-10-16-32-40-37(45-41(32)36)23-22-33-39-29-14-7-6-11-26(29)19-24-38(39)46-42(33)40/h3-25H,1-2H3. The van der Waals surface area contributed by atoms with E-state index in [1.54, 1.807) is 0 Å². The highest BCUT2D eigenvalue weighted by Gasteiger charge is 2.36. The normalized spacial score (nSPS) is 13.6. The van der Waals surface area contributed by atoms with Crippen LogP contribution in [-0.4, -0.2) is 0 Å². The highest BCUT2D eigenvalue weighted by molar-refractivity contribution is 7.27. The molecule has 1 aliphatic carbocycles. The average Bonchev–Trinajstić information content (AvgIpc) is 3.74. The van der Waals surface area contributed by atoms with E-state index in [1.165, 1.54) is 58.6 Å². The first-order valence-corrected chi connectivity index (χ1v) is 16.7. The summed E-state index contributed by atoms with van der Waals surface area (Å²) >= 11 is 1.87. The van der Waals surface area contributed by atoms with Crippen molar-refractivity contribution in [3.8, 4) is 11.1 Å². The summed E-state index contributed by atoms with van der Waals surface area (Å²) in [4.78, 5) is 2.36. The van der Waals surface area contributed by atoms with Crippen molar-refractivity contribution in [3.63, 3.8) is 0 Å². The van der Waals surface area contributed by atoms with E-state index in [4.69, 9.17) is 4.42 Å². The van der Waals surface area contributed by atoms with Crippen molar-refractivity contribution in [1.82, 2.24) is 0 Å². The monoisotopic (exact) mass is 607 g/mol. The first-order valence-electron chi connectivity index (χ1n) is 15.9. The summed E-state index contributed by atoms with van der Waals surface area (Å²) in [6, 6.07) is 50.7. The van der Waals surface area contributed by atoms with Gasteiger partial charge in [0.15, 0.2) is 5.58 Å². The molecule has 3 heteroatoms. The minimum Gasteiger partial charge on any atom is -0.454 e. The molecule has 10 rings (SSSR count). The van der Waals surface area contributed by atoms with Crippen molar-refractivity contribution in [2.45, 2.75) is 19.3 Å². The number of anilines is 3. The lowest BCUT2D eigenvalue weighted by molar-refractivity contribution is 0.660. The molecule has 0 atom stereocenters. The Morgan fingerprint density at radius 3 is 2.26 bits per heavy atom. The van der Waals surface area contributed by atoms with E-state index in [2.05, 4.69) is 158 Å². The number of nitrogens with zero attached hydrogens (tertiary/aromatic N) is 1. The lowest BCUT2D eigenvalue weighted by Crippen LogP contribution is -2.16. The summed E-state index contributed by atoms with van der Waals surface area (Å²) in [5.41, 5.74) is 10.4. The molecule has 0 fully saturated rings. The molecule has 7 aromatic carbocycles. The minimum atomic E-state index is -0.0907. The van der Waals surface area contributed by atoms with Crippen molar-refractivity contribution < 1.29 is 4.42 Å². The van der Waals surface area contributed by atoms with Crippen LogP contribution in [0.3, 0.4) is 0 Å². The predicted molar refractivity (Wildman–Crippen MR) is 196 cm³/mol. The summed E-state index contributed by atoms with van der Waals surface area (Å²) in [7, 11) is 0. The van der Waals surface area contributed by atoms with Crippen LogP contribution in [0.25, 0.3) is 64.0 Å². The van der Waals surface area contributed by atoms with E-state index in [9.17, 15) is 0 Å². The number of thiophene rings is 1. The van der Waals surface area contributed by atoms with Gasteiger partial charge in [0.1, 0.15) is 5.58 Å². The van der Waals surface area contributed by atoms with Crippen molar-refractivity contribution >= 4 is 81.3 Å². The van der Waals surface area contributed by atoms with Crippen molar-refractivity contribution in [1.29, 1.82) is 0 Å². The molecule has 46 heavy (non-hydrogen) atoms. The minimum absolute atomic E-state index is 0.0907. The quantitative estimate of drug-likeness (QED) is 0.199. The van der Waals surface area contributed by atoms with Crippen LogP contribution < -0.4 is 4.90 Å². The van der Waals surface area contributed by atoms with Crippen molar-refractivity contribution in [3.05, 3.63) is 151 Å². The van der Waals surface area contributed by atoms with Gasteiger partial charge in [-0.05, 0) is 81.6 Å². The molecular weight excluding hydrogens is 579 g/mol. The van der Waals surface area contributed by atoms with Crippen LogP contribution in [0.5, 0.6) is 0 Å². The van der Waals surface area contributed by atoms with Gasteiger partial charge < -0.3 is 9.32 Å². The Balaban J connectivity index is 1.23. The number of rotatable bonds is 3. The summed E-state index contributed by atoms with van der Waals surface area (Å²) in [5, 5.41) is 7.53. The van der Waals surface area contributed by atoms with E-state index < -0.39 is 0 Å². The molecule has 0 radical (unpaired) electrons. The first-order chi connectivity index (χ1) is 22.6. The fraction of sp³-hybridized carbons (Fsp3) is 0.0698. The SMILES string of the molecule is CC1(C)c2ccccc2-c2ccc(N(c3ccccc3)c3cccc4c3oc3ccc5c(sc6ccc7ccccc7c65)c34)cc21. The second kappa shape index (κ2) is 9.32. The van der Waals surface area contributed by atoms with Crippen LogP contribution in [0.4, 0.5) is 17.1 Å². The van der Waals surface area contributed by atoms with E-state index in [0.717, 1.165) is 33.6 Å². The molecule has 0 N–H and O–H groups in total. The van der Waals surface area contributed by atoms with Crippen molar-refractivity contribution in [2.24, 2.45) is 0 Å². The Morgan fingerprint density at radius 1 is 0.565 bits per heavy atom. The number of fused-ring (bicyclic) bond motifs is 12. The summed E-state index contributed by atoms with van der Waals surface area (Å²) < 4.78 is 9.43. The molecule has 0 amide bonds. The highest BCUT2D eigenvalue weighted by atomic mass is 32.1. The van der Waals surface area contributed by atoms with Gasteiger partial charge >= 0.3 is 0 Å². The number of hydrogen-bond acceptors (Lipinski definition) is 3. The van der Waals surface area contributed by atoms with Gasteiger partial charge in [-0.2, -0.15) is 0 Å². The number of para-hydroxylation sites is 2. The molecule has 0 aliphatic heterocycles. The maximum Gasteiger partial charge on any atom is 0.159 e. The smallest absolute Gasteiger partial charge is 0.159 e. The summed E-state index contributed by atoms with van der Waals surface area (Å²) in [5.74, 6) is 0. The fourth-order valence-corrected chi connectivity index (χ4v) is 9.15. The van der Waals surface area contributed by atoms with Crippen LogP contribution in [0.2, 0.25) is 0 Å². The van der Waals surface area contributed by atoms with Crippen LogP contribution in [-0.2, 0) is 5.41 Å². The Hall–Kier alpha value is -5.38. The third-order valence-corrected chi connectivity index (χ3v) is 11.2. The van der Waals surface area contributed by atoms with Gasteiger partial charge in [0.2, 0.25) is 0 Å². The molecule has 9 aromatic rings. The van der Waals surface area contributed by atoms with E-state index in [1.807, 2.05) is 11.3 Å². The summed E-state index contributed by atoms with van der Waals surface area (Å²) in [6.45, 7) is 4.68. The van der Waals surface area contributed by atoms with Crippen LogP contribution in [0, 0.1) is 0 Å². The third-order valence-electron chi connectivity index (χ3n) is 10.0. The molecular formula is C43H29NOS. The van der Waals surface area contributed by atoms with Gasteiger partial charge in [0.25, 0.3) is 0 Å². The topological polar surface area (TPSA) is 16.4 Å². The Labute approximate surface area is 270 Å². The van der Waals surface area contributed by atoms with Gasteiger partial charge in [0, 0.05) is 47.7 Å². The summed E-state index contributed by atoms with van der Waals surface area (Å²) in [6.07, 6.45) is 0. The van der Waals surface area contributed by atoms with E-state index >= 15 is 0 Å². The number of furan rings is 1. The van der Waals surface area contributed by atoms with Gasteiger partial charge in [-0.25, -0.2) is 0 Å². The lowest BCUT2D eigenvalue weighted by Gasteiger charge is -2.28. The largest absolute Gasteiger partial charge is 0.454 e. The molecule has 2 nitrogen and oxygen atoms in total. The van der Waals surface area contributed by atoms with Gasteiger partial charge in [0.05, 0.1) is 5.69 Å². The molecule has 2 heterocycles. The maximum atomic E-state index is 6.85. The average molecular weight is 608 g/mol. The molecule has 218 valence electrons. The first kappa shape index (κ1) is 25.9. The van der Waals surface area contributed by atoms with Gasteiger partial charge in [-0.1, -0.05) is 105 Å². The molecule has 2 aromatic heterocycles. The van der Waals surface area contributed by atoms with Crippen molar-refractivity contribution in [2.75, 3.05) is 4.90 Å². The molecule has 0 saturated carbocycles. The fourth-order valence-electron chi connectivity index (χ4n) is 7.88. The van der Waals surface area contributed by atoms with E-state index in [0.29, 0.717) is 0 Å². The molecule has 0 spiro atoms. The Kier molecular flexibility index (Phi) is 5.25. The van der Waals surface area contributed by atoms with E-state index in [-0.39, 0.29) is 5.41 Å². The van der Waals surface area contributed by atoms with Gasteiger partial charge in [-0.15, -0.1) is 11.3 Å². The van der Waals surface area contributed by atoms with Crippen LogP contribution in [0.1, 0.15) is 25.0 Å². The zero-order chi connectivity index (χ0) is 30.6. The Morgan fingerprint density at radius 2 is 1.35 bits per heavy atom. The van der Waals surface area contributed by atoms with Crippen LogP contribution >= 0.6 is 11.3 Å². The second-order valence-corrected chi connectivity index (χ2v) is 14.0. The lowest BCUT2D eigenvalue weighted by atomic mass is 9.82. The zero-order valence-electron chi connectivity index (χ0n) is 25.5. The predicted octanol–water partition coefficient (Wildman–Crippen LogP) is 12.9. The molecule has 1 aliphatic rings. The second-order valence-electron chi connectivity index (χ2n) is 12.9. The van der Waals surface area contributed by atoms with Crippen LogP contribution in [0.15, 0.2) is 144 Å².